The molecule has 0 aromatic heterocycles. The molecule has 0 radical (unpaired) electrons. The van der Waals surface area contributed by atoms with Crippen molar-refractivity contribution in [2.45, 2.75) is 44.9 Å². The monoisotopic (exact) mass is 385 g/mol. The minimum atomic E-state index is -4.02. The van der Waals surface area contributed by atoms with Crippen molar-refractivity contribution in [1.29, 1.82) is 0 Å². The average Bonchev–Trinajstić information content (AvgIpc) is 2.59. The predicted molar refractivity (Wildman–Crippen MR) is 93.8 cm³/mol. The number of Topliss-reactive ketones (excluding diaryl/α,β-unsaturated/α-hetero) is 1. The third-order valence-electron chi connectivity index (χ3n) is 4.27. The van der Waals surface area contributed by atoms with Gasteiger partial charge in [0.2, 0.25) is 10.0 Å². The van der Waals surface area contributed by atoms with E-state index in [2.05, 4.69) is 0 Å². The molecule has 1 aliphatic heterocycles. The zero-order valence-electron chi connectivity index (χ0n) is 15.2. The molecule has 0 atom stereocenters. The van der Waals surface area contributed by atoms with Crippen molar-refractivity contribution in [1.82, 2.24) is 4.31 Å². The number of hydrogen-bond donors (Lipinski definition) is 0. The van der Waals surface area contributed by atoms with Gasteiger partial charge in [-0.1, -0.05) is 27.2 Å². The van der Waals surface area contributed by atoms with Gasteiger partial charge in [-0.2, -0.15) is 4.31 Å². The van der Waals surface area contributed by atoms with Crippen LogP contribution in [-0.2, 0) is 19.6 Å². The summed E-state index contributed by atoms with van der Waals surface area (Å²) in [5, 5.41) is 0. The molecular weight excluding hydrogens is 361 g/mol. The van der Waals surface area contributed by atoms with E-state index in [4.69, 9.17) is 4.74 Å². The first-order chi connectivity index (χ1) is 12.0. The van der Waals surface area contributed by atoms with Crippen molar-refractivity contribution in [3.63, 3.8) is 0 Å². The number of sulfonamides is 1. The van der Waals surface area contributed by atoms with Crippen molar-refractivity contribution in [2.24, 2.45) is 5.41 Å². The molecule has 0 unspecified atom stereocenters. The summed E-state index contributed by atoms with van der Waals surface area (Å²) >= 11 is 0. The van der Waals surface area contributed by atoms with Crippen LogP contribution in [0.1, 0.15) is 50.4 Å². The van der Waals surface area contributed by atoms with Gasteiger partial charge >= 0.3 is 5.97 Å². The van der Waals surface area contributed by atoms with Crippen LogP contribution in [0.15, 0.2) is 23.1 Å². The lowest BCUT2D eigenvalue weighted by atomic mass is 9.91. The summed E-state index contributed by atoms with van der Waals surface area (Å²) in [6.45, 7) is 5.33. The molecule has 0 N–H and O–H groups in total. The summed E-state index contributed by atoms with van der Waals surface area (Å²) in [7, 11) is -4.02. The van der Waals surface area contributed by atoms with Crippen LogP contribution in [0.25, 0.3) is 0 Å². The molecule has 0 amide bonds. The highest BCUT2D eigenvalue weighted by atomic mass is 32.2. The molecule has 0 aliphatic carbocycles. The number of ether oxygens (including phenoxy) is 1. The summed E-state index contributed by atoms with van der Waals surface area (Å²) < 4.78 is 45.6. The average molecular weight is 385 g/mol. The summed E-state index contributed by atoms with van der Waals surface area (Å²) in [4.78, 5) is 23.4. The van der Waals surface area contributed by atoms with Gasteiger partial charge in [0.05, 0.1) is 5.56 Å². The van der Waals surface area contributed by atoms with Gasteiger partial charge in [0, 0.05) is 18.5 Å². The van der Waals surface area contributed by atoms with Gasteiger partial charge in [-0.15, -0.1) is 0 Å². The number of hydrogen-bond acceptors (Lipinski definition) is 5. The topological polar surface area (TPSA) is 80.8 Å². The Morgan fingerprint density at radius 1 is 1.15 bits per heavy atom. The maximum absolute atomic E-state index is 14.1. The molecule has 0 bridgehead atoms. The Bertz CT molecular complexity index is 792. The van der Waals surface area contributed by atoms with E-state index in [1.54, 1.807) is 20.8 Å². The Morgan fingerprint density at radius 2 is 1.77 bits per heavy atom. The third-order valence-corrected chi connectivity index (χ3v) is 6.18. The molecule has 2 rings (SSSR count). The number of benzene rings is 1. The largest absolute Gasteiger partial charge is 0.454 e. The fourth-order valence-electron chi connectivity index (χ4n) is 2.50. The van der Waals surface area contributed by atoms with Crippen LogP contribution in [0.4, 0.5) is 4.39 Å². The molecule has 26 heavy (non-hydrogen) atoms. The number of ketones is 1. The maximum Gasteiger partial charge on any atom is 0.338 e. The number of esters is 1. The molecule has 1 aliphatic rings. The molecular formula is C18H24FNO5S. The molecule has 1 heterocycles. The van der Waals surface area contributed by atoms with Crippen molar-refractivity contribution < 1.29 is 27.1 Å². The molecule has 1 aromatic carbocycles. The minimum absolute atomic E-state index is 0.108. The Morgan fingerprint density at radius 3 is 2.35 bits per heavy atom. The molecule has 1 aromatic rings. The fraction of sp³-hybridized carbons (Fsp3) is 0.556. The smallest absolute Gasteiger partial charge is 0.338 e. The predicted octanol–water partition coefficient (Wildman–Crippen LogP) is 2.77. The number of carbonyl (C=O) groups is 2. The summed E-state index contributed by atoms with van der Waals surface area (Å²) in [5.74, 6) is -2.05. The van der Waals surface area contributed by atoms with E-state index in [0.717, 1.165) is 37.5 Å². The van der Waals surface area contributed by atoms with Crippen molar-refractivity contribution in [3.8, 4) is 0 Å². The van der Waals surface area contributed by atoms with Crippen LogP contribution >= 0.6 is 0 Å². The summed E-state index contributed by atoms with van der Waals surface area (Å²) in [5.41, 5.74) is -0.769. The molecule has 8 heteroatoms. The van der Waals surface area contributed by atoms with Crippen molar-refractivity contribution in [2.75, 3.05) is 19.7 Å². The van der Waals surface area contributed by atoms with Gasteiger partial charge in [0.1, 0.15) is 10.7 Å². The normalized spacial score (nSPS) is 16.3. The van der Waals surface area contributed by atoms with Gasteiger partial charge in [-0.05, 0) is 31.0 Å². The fourth-order valence-corrected chi connectivity index (χ4v) is 4.11. The number of rotatable bonds is 5. The lowest BCUT2D eigenvalue weighted by molar-refractivity contribution is -0.129. The SMILES string of the molecule is CC(C)(C)C(=O)COC(=O)c1ccc(F)c(S(=O)(=O)N2CCCCC2)c1. The number of carbonyl (C=O) groups excluding carboxylic acids is 2. The van der Waals surface area contributed by atoms with Crippen LogP contribution < -0.4 is 0 Å². The highest BCUT2D eigenvalue weighted by molar-refractivity contribution is 7.89. The van der Waals surface area contributed by atoms with Crippen LogP contribution in [0.2, 0.25) is 0 Å². The number of halogens is 1. The van der Waals surface area contributed by atoms with Crippen LogP contribution in [0.5, 0.6) is 0 Å². The lowest BCUT2D eigenvalue weighted by Gasteiger charge is -2.26. The van der Waals surface area contributed by atoms with Gasteiger partial charge < -0.3 is 4.74 Å². The molecule has 1 saturated heterocycles. The molecule has 1 fully saturated rings. The van der Waals surface area contributed by atoms with Gasteiger partial charge in [0.25, 0.3) is 0 Å². The van der Waals surface area contributed by atoms with E-state index in [-0.39, 0.29) is 11.3 Å². The van der Waals surface area contributed by atoms with E-state index in [1.165, 1.54) is 4.31 Å². The second kappa shape index (κ2) is 7.84. The van der Waals surface area contributed by atoms with Crippen LogP contribution in [-0.4, -0.2) is 44.2 Å². The molecule has 6 nitrogen and oxygen atoms in total. The second-order valence-corrected chi connectivity index (χ2v) is 9.27. The Kier molecular flexibility index (Phi) is 6.18. The Labute approximate surface area is 153 Å². The van der Waals surface area contributed by atoms with Gasteiger partial charge in [-0.3, -0.25) is 4.79 Å². The van der Waals surface area contributed by atoms with E-state index >= 15 is 0 Å². The van der Waals surface area contributed by atoms with Crippen LogP contribution in [0, 0.1) is 11.2 Å². The van der Waals surface area contributed by atoms with Crippen molar-refractivity contribution in [3.05, 3.63) is 29.6 Å². The third kappa shape index (κ3) is 4.67. The van der Waals surface area contributed by atoms with E-state index < -0.39 is 38.7 Å². The minimum Gasteiger partial charge on any atom is -0.454 e. The molecule has 144 valence electrons. The zero-order chi connectivity index (χ0) is 19.5. The van der Waals surface area contributed by atoms with Gasteiger partial charge in [0.15, 0.2) is 12.4 Å². The van der Waals surface area contributed by atoms with Crippen LogP contribution in [0.3, 0.4) is 0 Å². The Hall–Kier alpha value is -1.80. The van der Waals surface area contributed by atoms with Gasteiger partial charge in [-0.25, -0.2) is 17.6 Å². The summed E-state index contributed by atoms with van der Waals surface area (Å²) in [6.07, 6.45) is 2.37. The standard InChI is InChI=1S/C18H24FNO5S/c1-18(2,3)16(21)12-25-17(22)13-7-8-14(19)15(11-13)26(23,24)20-9-5-4-6-10-20/h7-8,11H,4-6,9-10,12H2,1-3H3. The van der Waals surface area contributed by atoms with E-state index in [9.17, 15) is 22.4 Å². The highest BCUT2D eigenvalue weighted by Gasteiger charge is 2.30. The first-order valence-electron chi connectivity index (χ1n) is 8.53. The number of nitrogens with zero attached hydrogens (tertiary/aromatic N) is 1. The highest BCUT2D eigenvalue weighted by Crippen LogP contribution is 2.24. The molecule has 0 saturated carbocycles. The molecule has 0 spiro atoms. The maximum atomic E-state index is 14.1. The summed E-state index contributed by atoms with van der Waals surface area (Å²) in [6, 6.07) is 3.05. The quantitative estimate of drug-likeness (QED) is 0.728. The first kappa shape index (κ1) is 20.5. The Balaban J connectivity index is 2.21. The first-order valence-corrected chi connectivity index (χ1v) is 9.97. The van der Waals surface area contributed by atoms with E-state index in [1.807, 2.05) is 0 Å². The van der Waals surface area contributed by atoms with E-state index in [0.29, 0.717) is 13.1 Å². The lowest BCUT2D eigenvalue weighted by Crippen LogP contribution is -2.36. The zero-order valence-corrected chi connectivity index (χ0v) is 16.1. The van der Waals surface area contributed by atoms with Crippen molar-refractivity contribution >= 4 is 21.8 Å². The second-order valence-electron chi connectivity index (χ2n) is 7.36. The number of piperidine rings is 1.